The third-order valence-electron chi connectivity index (χ3n) is 1.80. The zero-order valence-electron chi connectivity index (χ0n) is 8.34. The number of hydrogen-bond acceptors (Lipinski definition) is 2. The van der Waals surface area contributed by atoms with Gasteiger partial charge in [0.2, 0.25) is 0 Å². The average molecular weight is 214 g/mol. The molecule has 0 amide bonds. The topological polar surface area (TPSA) is 29.5 Å². The molecule has 1 aromatic rings. The van der Waals surface area contributed by atoms with Crippen molar-refractivity contribution in [1.29, 1.82) is 0 Å². The summed E-state index contributed by atoms with van der Waals surface area (Å²) in [4.78, 5) is 0. The predicted molar refractivity (Wildman–Crippen MR) is 52.6 cm³/mol. The first-order chi connectivity index (χ1) is 7.19. The fourth-order valence-corrected chi connectivity index (χ4v) is 1.07. The molecule has 82 valence electrons. The maximum Gasteiger partial charge on any atom is 0.191 e. The molecule has 0 unspecified atom stereocenters. The van der Waals surface area contributed by atoms with Gasteiger partial charge >= 0.3 is 0 Å². The second kappa shape index (κ2) is 5.46. The number of allylic oxidation sites excluding steroid dienone is 1. The normalized spacial score (nSPS) is 10.9. The van der Waals surface area contributed by atoms with Crippen molar-refractivity contribution in [3.05, 3.63) is 41.5 Å². The Hall–Kier alpha value is -1.42. The zero-order chi connectivity index (χ0) is 11.3. The quantitative estimate of drug-likeness (QED) is 0.780. The van der Waals surface area contributed by atoms with Crippen molar-refractivity contribution in [2.24, 2.45) is 0 Å². The van der Waals surface area contributed by atoms with E-state index in [0.29, 0.717) is 0 Å². The minimum absolute atomic E-state index is 0.114. The van der Waals surface area contributed by atoms with Gasteiger partial charge in [-0.3, -0.25) is 0 Å². The molecule has 0 radical (unpaired) electrons. The molecule has 4 heteroatoms. The van der Waals surface area contributed by atoms with Gasteiger partial charge in [-0.1, -0.05) is 12.2 Å². The third kappa shape index (κ3) is 3.02. The van der Waals surface area contributed by atoms with E-state index in [9.17, 15) is 8.78 Å². The van der Waals surface area contributed by atoms with Gasteiger partial charge in [0.25, 0.3) is 0 Å². The molecule has 0 bridgehead atoms. The number of aliphatic hydroxyl groups excluding tert-OH is 1. The van der Waals surface area contributed by atoms with E-state index in [1.165, 1.54) is 0 Å². The van der Waals surface area contributed by atoms with Crippen LogP contribution in [0.3, 0.4) is 0 Å². The number of rotatable bonds is 4. The van der Waals surface area contributed by atoms with Crippen LogP contribution < -0.4 is 4.74 Å². The first-order valence-corrected chi connectivity index (χ1v) is 4.51. The Bertz CT molecular complexity index is 339. The van der Waals surface area contributed by atoms with Crippen LogP contribution in [-0.4, -0.2) is 11.7 Å². The van der Waals surface area contributed by atoms with Crippen LogP contribution in [-0.2, 0) is 6.61 Å². The number of hydrogen-bond donors (Lipinski definition) is 1. The largest absolute Gasteiger partial charge is 0.483 e. The summed E-state index contributed by atoms with van der Waals surface area (Å²) in [7, 11) is 0. The van der Waals surface area contributed by atoms with Crippen molar-refractivity contribution in [2.45, 2.75) is 13.5 Å². The Kier molecular flexibility index (Phi) is 4.24. The number of benzene rings is 1. The summed E-state index contributed by atoms with van der Waals surface area (Å²) in [6.45, 7) is 1.50. The van der Waals surface area contributed by atoms with E-state index in [1.54, 1.807) is 19.1 Å². The molecular formula is C11H12F2O2. The van der Waals surface area contributed by atoms with Crippen LogP contribution in [0.1, 0.15) is 12.5 Å². The molecule has 15 heavy (non-hydrogen) atoms. The molecule has 1 aromatic carbocycles. The Morgan fingerprint density at radius 2 is 1.93 bits per heavy atom. The lowest BCUT2D eigenvalue weighted by atomic mass is 10.2. The second-order valence-corrected chi connectivity index (χ2v) is 2.93. The molecule has 2 nitrogen and oxygen atoms in total. The highest BCUT2D eigenvalue weighted by Crippen LogP contribution is 2.23. The van der Waals surface area contributed by atoms with Crippen LogP contribution in [0.4, 0.5) is 8.78 Å². The summed E-state index contributed by atoms with van der Waals surface area (Å²) in [6.07, 6.45) is 3.36. The van der Waals surface area contributed by atoms with E-state index in [4.69, 9.17) is 9.84 Å². The monoisotopic (exact) mass is 214 g/mol. The maximum atomic E-state index is 13.2. The van der Waals surface area contributed by atoms with E-state index in [-0.39, 0.29) is 12.2 Å². The molecular weight excluding hydrogens is 202 g/mol. The van der Waals surface area contributed by atoms with E-state index >= 15 is 0 Å². The van der Waals surface area contributed by atoms with Crippen molar-refractivity contribution in [2.75, 3.05) is 6.61 Å². The van der Waals surface area contributed by atoms with Crippen LogP contribution in [0.15, 0.2) is 24.3 Å². The van der Waals surface area contributed by atoms with Crippen molar-refractivity contribution >= 4 is 0 Å². The fourth-order valence-electron chi connectivity index (χ4n) is 1.07. The SMILES string of the molecule is CC=CCOc1c(F)cc(CO)cc1F. The summed E-state index contributed by atoms with van der Waals surface area (Å²) in [5.74, 6) is -2.02. The highest BCUT2D eigenvalue weighted by Gasteiger charge is 2.11. The summed E-state index contributed by atoms with van der Waals surface area (Å²) >= 11 is 0. The Morgan fingerprint density at radius 1 is 1.33 bits per heavy atom. The predicted octanol–water partition coefficient (Wildman–Crippen LogP) is 2.41. The van der Waals surface area contributed by atoms with Crippen molar-refractivity contribution in [3.8, 4) is 5.75 Å². The fraction of sp³-hybridized carbons (Fsp3) is 0.273. The summed E-state index contributed by atoms with van der Waals surface area (Å²) in [5.41, 5.74) is 0.184. The van der Waals surface area contributed by atoms with Gasteiger partial charge in [-0.15, -0.1) is 0 Å². The van der Waals surface area contributed by atoms with Gasteiger partial charge in [0, 0.05) is 0 Å². The lowest BCUT2D eigenvalue weighted by Gasteiger charge is -2.07. The van der Waals surface area contributed by atoms with Crippen LogP contribution in [0.5, 0.6) is 5.75 Å². The minimum atomic E-state index is -0.802. The molecule has 0 spiro atoms. The van der Waals surface area contributed by atoms with Gasteiger partial charge < -0.3 is 9.84 Å². The van der Waals surface area contributed by atoms with Gasteiger partial charge in [-0.25, -0.2) is 8.78 Å². The van der Waals surface area contributed by atoms with Crippen molar-refractivity contribution < 1.29 is 18.6 Å². The highest BCUT2D eigenvalue weighted by atomic mass is 19.1. The molecule has 1 N–H and O–H groups in total. The maximum absolute atomic E-state index is 13.2. The van der Waals surface area contributed by atoms with Gasteiger partial charge in [0.05, 0.1) is 6.61 Å². The molecule has 1 rings (SSSR count). The zero-order valence-corrected chi connectivity index (χ0v) is 8.34. The van der Waals surface area contributed by atoms with E-state index < -0.39 is 24.0 Å². The van der Waals surface area contributed by atoms with Gasteiger partial charge in [0.1, 0.15) is 6.61 Å². The van der Waals surface area contributed by atoms with Crippen LogP contribution in [0.2, 0.25) is 0 Å². The smallest absolute Gasteiger partial charge is 0.191 e. The molecule has 0 fully saturated rings. The summed E-state index contributed by atoms with van der Waals surface area (Å²) in [5, 5.41) is 8.71. The molecule has 0 atom stereocenters. The molecule has 0 aliphatic carbocycles. The van der Waals surface area contributed by atoms with E-state index in [1.807, 2.05) is 0 Å². The molecule has 0 aromatic heterocycles. The standard InChI is InChI=1S/C11H12F2O2/c1-2-3-4-15-11-9(12)5-8(7-14)6-10(11)13/h2-3,5-6,14H,4,7H2,1H3. The van der Waals surface area contributed by atoms with Crippen LogP contribution in [0, 0.1) is 11.6 Å². The first kappa shape index (κ1) is 11.7. The average Bonchev–Trinajstić information content (AvgIpc) is 2.22. The number of ether oxygens (including phenoxy) is 1. The van der Waals surface area contributed by atoms with Gasteiger partial charge in [-0.05, 0) is 24.6 Å². The Morgan fingerprint density at radius 3 is 2.40 bits per heavy atom. The van der Waals surface area contributed by atoms with Crippen molar-refractivity contribution in [3.63, 3.8) is 0 Å². The second-order valence-electron chi connectivity index (χ2n) is 2.93. The molecule has 0 saturated heterocycles. The highest BCUT2D eigenvalue weighted by molar-refractivity contribution is 5.31. The number of halogens is 2. The van der Waals surface area contributed by atoms with Crippen LogP contribution >= 0.6 is 0 Å². The van der Waals surface area contributed by atoms with Gasteiger partial charge in [0.15, 0.2) is 17.4 Å². The summed E-state index contributed by atoms with van der Waals surface area (Å²) < 4.78 is 31.3. The Balaban J connectivity index is 2.88. The van der Waals surface area contributed by atoms with Gasteiger partial charge in [-0.2, -0.15) is 0 Å². The number of aliphatic hydroxyl groups is 1. The molecule has 0 aliphatic rings. The van der Waals surface area contributed by atoms with Crippen molar-refractivity contribution in [1.82, 2.24) is 0 Å². The molecule has 0 aliphatic heterocycles. The lowest BCUT2D eigenvalue weighted by Crippen LogP contribution is -2.00. The minimum Gasteiger partial charge on any atom is -0.483 e. The van der Waals surface area contributed by atoms with E-state index in [0.717, 1.165) is 12.1 Å². The third-order valence-corrected chi connectivity index (χ3v) is 1.80. The molecule has 0 saturated carbocycles. The van der Waals surface area contributed by atoms with E-state index in [2.05, 4.69) is 0 Å². The van der Waals surface area contributed by atoms with Crippen LogP contribution in [0.25, 0.3) is 0 Å². The first-order valence-electron chi connectivity index (χ1n) is 4.51. The Labute approximate surface area is 86.8 Å². The summed E-state index contributed by atoms with van der Waals surface area (Å²) in [6, 6.07) is 2.10. The molecule has 0 heterocycles. The lowest BCUT2D eigenvalue weighted by molar-refractivity contribution is 0.277.